The van der Waals surface area contributed by atoms with Crippen molar-refractivity contribution in [3.05, 3.63) is 28.8 Å². The fourth-order valence-corrected chi connectivity index (χ4v) is 1.84. The Kier molecular flexibility index (Phi) is 4.94. The van der Waals surface area contributed by atoms with Crippen molar-refractivity contribution in [2.45, 2.75) is 0 Å². The van der Waals surface area contributed by atoms with Gasteiger partial charge in [-0.05, 0) is 18.2 Å². The van der Waals surface area contributed by atoms with Crippen LogP contribution in [0.15, 0.2) is 18.2 Å². The summed E-state index contributed by atoms with van der Waals surface area (Å²) in [5.74, 6) is -0.341. The molecule has 1 amide bonds. The summed E-state index contributed by atoms with van der Waals surface area (Å²) in [6.07, 6.45) is 1.05. The van der Waals surface area contributed by atoms with E-state index in [-0.39, 0.29) is 19.0 Å². The van der Waals surface area contributed by atoms with Crippen LogP contribution in [0.4, 0.5) is 5.69 Å². The summed E-state index contributed by atoms with van der Waals surface area (Å²) < 4.78 is 23.8. The number of nitrogen functional groups attached to an aromatic ring is 1. The van der Waals surface area contributed by atoms with E-state index in [1.807, 2.05) is 0 Å². The van der Waals surface area contributed by atoms with Gasteiger partial charge in [0.15, 0.2) is 0 Å². The maximum absolute atomic E-state index is 11.6. The number of sulfonamides is 1. The molecule has 0 aliphatic heterocycles. The monoisotopic (exact) mass is 291 g/mol. The molecule has 0 radical (unpaired) electrons. The molecule has 1 aromatic rings. The molecule has 1 rings (SSSR count). The number of amides is 1. The summed E-state index contributed by atoms with van der Waals surface area (Å²) in [7, 11) is -3.24. The number of carbonyl (C=O) groups excluding carboxylic acids is 1. The van der Waals surface area contributed by atoms with Gasteiger partial charge in [0, 0.05) is 18.7 Å². The number of rotatable bonds is 5. The van der Waals surface area contributed by atoms with E-state index in [4.69, 9.17) is 17.3 Å². The van der Waals surface area contributed by atoms with Crippen LogP contribution in [0.1, 0.15) is 10.4 Å². The van der Waals surface area contributed by atoms with Crippen LogP contribution in [0, 0.1) is 0 Å². The first-order valence-electron chi connectivity index (χ1n) is 5.07. The zero-order valence-corrected chi connectivity index (χ0v) is 11.3. The fourth-order valence-electron chi connectivity index (χ4n) is 1.18. The lowest BCUT2D eigenvalue weighted by atomic mass is 10.2. The van der Waals surface area contributed by atoms with E-state index >= 15 is 0 Å². The molecule has 0 bridgehead atoms. The summed E-state index contributed by atoms with van der Waals surface area (Å²) in [4.78, 5) is 11.6. The zero-order chi connectivity index (χ0) is 13.8. The first-order chi connectivity index (χ1) is 8.29. The third kappa shape index (κ3) is 4.91. The molecule has 0 aromatic heterocycles. The molecule has 0 unspecified atom stereocenters. The number of hydrogen-bond donors (Lipinski definition) is 3. The van der Waals surface area contributed by atoms with Crippen LogP contribution in [0.2, 0.25) is 5.02 Å². The molecule has 0 atom stereocenters. The van der Waals surface area contributed by atoms with Crippen molar-refractivity contribution in [2.24, 2.45) is 0 Å². The number of halogens is 1. The Hall–Kier alpha value is -1.31. The molecule has 0 spiro atoms. The highest BCUT2D eigenvalue weighted by molar-refractivity contribution is 7.88. The van der Waals surface area contributed by atoms with Gasteiger partial charge in [-0.25, -0.2) is 13.1 Å². The van der Waals surface area contributed by atoms with Crippen LogP contribution >= 0.6 is 11.6 Å². The quantitative estimate of drug-likeness (QED) is 0.533. The molecule has 0 saturated heterocycles. The van der Waals surface area contributed by atoms with Crippen molar-refractivity contribution < 1.29 is 13.2 Å². The highest BCUT2D eigenvalue weighted by Crippen LogP contribution is 2.19. The van der Waals surface area contributed by atoms with Gasteiger partial charge in [-0.15, -0.1) is 0 Å². The standard InChI is InChI=1S/C10H14ClN3O3S/c1-18(16,17)14-5-4-13-10(15)7-2-3-9(12)8(11)6-7/h2-3,6,14H,4-5,12H2,1H3,(H,13,15). The van der Waals surface area contributed by atoms with Gasteiger partial charge in [-0.2, -0.15) is 0 Å². The number of hydrogen-bond acceptors (Lipinski definition) is 4. The van der Waals surface area contributed by atoms with Crippen LogP contribution in [0.3, 0.4) is 0 Å². The summed E-state index contributed by atoms with van der Waals surface area (Å²) >= 11 is 5.78. The summed E-state index contributed by atoms with van der Waals surface area (Å²) in [5.41, 5.74) is 6.28. The average molecular weight is 292 g/mol. The van der Waals surface area contributed by atoms with Gasteiger partial charge < -0.3 is 11.1 Å². The molecular formula is C10H14ClN3O3S. The van der Waals surface area contributed by atoms with Crippen LogP contribution in [-0.2, 0) is 10.0 Å². The van der Waals surface area contributed by atoms with Crippen molar-refractivity contribution in [1.82, 2.24) is 10.0 Å². The lowest BCUT2D eigenvalue weighted by Crippen LogP contribution is -2.34. The molecule has 100 valence electrons. The minimum absolute atomic E-state index is 0.132. The van der Waals surface area contributed by atoms with Crippen molar-refractivity contribution in [3.63, 3.8) is 0 Å². The SMILES string of the molecule is CS(=O)(=O)NCCNC(=O)c1ccc(N)c(Cl)c1. The molecule has 8 heteroatoms. The maximum Gasteiger partial charge on any atom is 0.251 e. The topological polar surface area (TPSA) is 101 Å². The van der Waals surface area contributed by atoms with E-state index in [2.05, 4.69) is 10.0 Å². The van der Waals surface area contributed by atoms with Gasteiger partial charge in [0.25, 0.3) is 5.91 Å². The van der Waals surface area contributed by atoms with Gasteiger partial charge in [0.05, 0.1) is 17.0 Å². The van der Waals surface area contributed by atoms with E-state index in [1.54, 1.807) is 6.07 Å². The third-order valence-electron chi connectivity index (χ3n) is 2.04. The molecule has 1 aromatic carbocycles. The lowest BCUT2D eigenvalue weighted by Gasteiger charge is -2.06. The van der Waals surface area contributed by atoms with Gasteiger partial charge in [0.1, 0.15) is 0 Å². The normalized spacial score (nSPS) is 11.2. The highest BCUT2D eigenvalue weighted by Gasteiger charge is 2.07. The second kappa shape index (κ2) is 6.03. The van der Waals surface area contributed by atoms with E-state index in [9.17, 15) is 13.2 Å². The maximum atomic E-state index is 11.6. The Morgan fingerprint density at radius 1 is 1.39 bits per heavy atom. The van der Waals surface area contributed by atoms with Crippen LogP contribution in [0.25, 0.3) is 0 Å². The number of nitrogens with two attached hydrogens (primary N) is 1. The summed E-state index contributed by atoms with van der Waals surface area (Å²) in [6, 6.07) is 4.53. The second-order valence-electron chi connectivity index (χ2n) is 3.66. The molecule has 0 aliphatic carbocycles. The molecule has 6 nitrogen and oxygen atoms in total. The molecule has 18 heavy (non-hydrogen) atoms. The predicted molar refractivity (Wildman–Crippen MR) is 71.0 cm³/mol. The predicted octanol–water partition coefficient (Wildman–Crippen LogP) is 0.201. The van der Waals surface area contributed by atoms with Crippen molar-refractivity contribution >= 4 is 33.2 Å². The molecule has 0 aliphatic rings. The second-order valence-corrected chi connectivity index (χ2v) is 5.90. The fraction of sp³-hybridized carbons (Fsp3) is 0.300. The molecule has 0 saturated carbocycles. The number of nitrogens with one attached hydrogen (secondary N) is 2. The van der Waals surface area contributed by atoms with Crippen LogP contribution in [0.5, 0.6) is 0 Å². The number of anilines is 1. The Bertz CT molecular complexity index is 545. The van der Waals surface area contributed by atoms with E-state index in [1.165, 1.54) is 12.1 Å². The minimum Gasteiger partial charge on any atom is -0.398 e. The molecule has 0 fully saturated rings. The van der Waals surface area contributed by atoms with Gasteiger partial charge in [0.2, 0.25) is 10.0 Å². The van der Waals surface area contributed by atoms with Crippen molar-refractivity contribution in [3.8, 4) is 0 Å². The Labute approximate surface area is 111 Å². The molecule has 4 N–H and O–H groups in total. The van der Waals surface area contributed by atoms with Gasteiger partial charge in [-0.3, -0.25) is 4.79 Å². The highest BCUT2D eigenvalue weighted by atomic mass is 35.5. The van der Waals surface area contributed by atoms with Crippen LogP contribution < -0.4 is 15.8 Å². The first kappa shape index (κ1) is 14.7. The number of carbonyl (C=O) groups is 1. The Morgan fingerprint density at radius 3 is 2.61 bits per heavy atom. The van der Waals surface area contributed by atoms with Gasteiger partial charge >= 0.3 is 0 Å². The van der Waals surface area contributed by atoms with E-state index in [0.717, 1.165) is 6.26 Å². The first-order valence-corrected chi connectivity index (χ1v) is 7.34. The lowest BCUT2D eigenvalue weighted by molar-refractivity contribution is 0.0954. The number of benzene rings is 1. The molecular weight excluding hydrogens is 278 g/mol. The smallest absolute Gasteiger partial charge is 0.251 e. The summed E-state index contributed by atoms with van der Waals surface area (Å²) in [6.45, 7) is 0.321. The van der Waals surface area contributed by atoms with Crippen molar-refractivity contribution in [2.75, 3.05) is 25.1 Å². The van der Waals surface area contributed by atoms with E-state index < -0.39 is 10.0 Å². The minimum atomic E-state index is -3.24. The van der Waals surface area contributed by atoms with Crippen LogP contribution in [-0.4, -0.2) is 33.7 Å². The average Bonchev–Trinajstić information content (AvgIpc) is 2.26. The van der Waals surface area contributed by atoms with Gasteiger partial charge in [-0.1, -0.05) is 11.6 Å². The van der Waals surface area contributed by atoms with E-state index in [0.29, 0.717) is 16.3 Å². The Morgan fingerprint density at radius 2 is 2.06 bits per heavy atom. The summed E-state index contributed by atoms with van der Waals surface area (Å²) in [5, 5.41) is 2.86. The molecule has 0 heterocycles. The Balaban J connectivity index is 2.48. The third-order valence-corrected chi connectivity index (χ3v) is 3.09. The van der Waals surface area contributed by atoms with Crippen molar-refractivity contribution in [1.29, 1.82) is 0 Å². The zero-order valence-electron chi connectivity index (χ0n) is 9.73. The largest absolute Gasteiger partial charge is 0.398 e.